The molecule has 0 radical (unpaired) electrons. The lowest BCUT2D eigenvalue weighted by Gasteiger charge is -2.54. The highest BCUT2D eigenvalue weighted by Crippen LogP contribution is 2.64. The number of aliphatic hydroxyl groups excluding tert-OH is 1. The van der Waals surface area contributed by atoms with E-state index in [1.807, 2.05) is 0 Å². The van der Waals surface area contributed by atoms with Gasteiger partial charge in [-0.2, -0.15) is 0 Å². The lowest BCUT2D eigenvalue weighted by atomic mass is 9.49. The summed E-state index contributed by atoms with van der Waals surface area (Å²) in [5, 5.41) is 19.8. The quantitative estimate of drug-likeness (QED) is 0.484. The number of hydrogen-bond donors (Lipinski definition) is 2. The van der Waals surface area contributed by atoms with E-state index >= 15 is 0 Å². The molecule has 0 bridgehead atoms. The Hall–Kier alpha value is -0.900. The van der Waals surface area contributed by atoms with Crippen LogP contribution in [-0.2, 0) is 9.59 Å². The number of Topliss-reactive ketones (excluding diaryl/α,β-unsaturated/α-hetero) is 1. The summed E-state index contributed by atoms with van der Waals surface area (Å²) in [6.07, 6.45) is 9.49. The molecule has 0 spiro atoms. The number of carbonyl (C=O) groups is 2. The van der Waals surface area contributed by atoms with Gasteiger partial charge in [0.2, 0.25) is 0 Å². The number of aliphatic hydroxyl groups is 1. The summed E-state index contributed by atoms with van der Waals surface area (Å²) in [5.41, 5.74) is -0.275. The Morgan fingerprint density at radius 2 is 1.74 bits per heavy atom. The van der Waals surface area contributed by atoms with Gasteiger partial charge in [0.05, 0.1) is 6.10 Å². The Kier molecular flexibility index (Phi) is 7.61. The third kappa shape index (κ3) is 4.89. The van der Waals surface area contributed by atoms with Gasteiger partial charge in [-0.3, -0.25) is 9.59 Å². The monoisotopic (exact) mass is 434 g/mol. The highest BCUT2D eigenvalue weighted by molar-refractivity contribution is 5.86. The molecule has 4 heteroatoms. The van der Waals surface area contributed by atoms with Crippen molar-refractivity contribution in [3.63, 3.8) is 0 Å². The molecule has 0 saturated heterocycles. The van der Waals surface area contributed by atoms with E-state index in [1.165, 1.54) is 25.7 Å². The molecule has 3 aliphatic carbocycles. The molecule has 0 aromatic heterocycles. The SMILES string of the molecule is CC(C)CCC[C@@H](C)[C@H]1CC[C@H]2[C@H](CC(=O)O)[C@@H]([C@@]3(C)CC[C@H](O)CC3=O)CC[C@]12C. The van der Waals surface area contributed by atoms with Crippen molar-refractivity contribution in [3.8, 4) is 0 Å². The van der Waals surface area contributed by atoms with Crippen molar-refractivity contribution in [1.29, 1.82) is 0 Å². The summed E-state index contributed by atoms with van der Waals surface area (Å²) in [7, 11) is 0. The van der Waals surface area contributed by atoms with Gasteiger partial charge in [0.25, 0.3) is 0 Å². The Labute approximate surface area is 189 Å². The molecule has 3 aliphatic rings. The van der Waals surface area contributed by atoms with E-state index in [9.17, 15) is 19.8 Å². The van der Waals surface area contributed by atoms with Crippen molar-refractivity contribution < 1.29 is 19.8 Å². The van der Waals surface area contributed by atoms with Gasteiger partial charge < -0.3 is 10.2 Å². The first-order valence-corrected chi connectivity index (χ1v) is 12.9. The second-order valence-corrected chi connectivity index (χ2v) is 12.2. The van der Waals surface area contributed by atoms with Crippen LogP contribution in [0.4, 0.5) is 0 Å². The van der Waals surface area contributed by atoms with E-state index < -0.39 is 17.5 Å². The molecule has 3 fully saturated rings. The first-order valence-electron chi connectivity index (χ1n) is 12.9. The molecule has 0 aliphatic heterocycles. The first-order chi connectivity index (χ1) is 14.5. The molecule has 31 heavy (non-hydrogen) atoms. The molecule has 3 saturated carbocycles. The second kappa shape index (κ2) is 9.53. The normalized spacial score (nSPS) is 41.9. The van der Waals surface area contributed by atoms with Crippen molar-refractivity contribution in [2.45, 2.75) is 111 Å². The number of ketones is 1. The number of carboxylic acids is 1. The topological polar surface area (TPSA) is 74.6 Å². The first kappa shape index (κ1) is 24.7. The Morgan fingerprint density at radius 3 is 2.35 bits per heavy atom. The van der Waals surface area contributed by atoms with Crippen molar-refractivity contribution in [2.24, 2.45) is 46.3 Å². The van der Waals surface area contributed by atoms with Crippen LogP contribution < -0.4 is 0 Å². The van der Waals surface area contributed by atoms with Crippen molar-refractivity contribution in [1.82, 2.24) is 0 Å². The molecule has 3 rings (SSSR count). The van der Waals surface area contributed by atoms with E-state index in [-0.39, 0.29) is 35.9 Å². The van der Waals surface area contributed by atoms with Crippen LogP contribution >= 0.6 is 0 Å². The summed E-state index contributed by atoms with van der Waals surface area (Å²) >= 11 is 0. The smallest absolute Gasteiger partial charge is 0.303 e. The Morgan fingerprint density at radius 1 is 1.03 bits per heavy atom. The fourth-order valence-corrected chi connectivity index (χ4v) is 8.14. The van der Waals surface area contributed by atoms with Crippen LogP contribution in [0, 0.1) is 46.3 Å². The minimum atomic E-state index is -0.723. The van der Waals surface area contributed by atoms with E-state index in [2.05, 4.69) is 34.6 Å². The molecule has 0 heterocycles. The van der Waals surface area contributed by atoms with E-state index in [1.54, 1.807) is 0 Å². The van der Waals surface area contributed by atoms with Gasteiger partial charge in [-0.05, 0) is 79.4 Å². The maximum Gasteiger partial charge on any atom is 0.303 e. The number of rotatable bonds is 8. The average molecular weight is 435 g/mol. The van der Waals surface area contributed by atoms with Gasteiger partial charge in [0, 0.05) is 18.3 Å². The van der Waals surface area contributed by atoms with Gasteiger partial charge >= 0.3 is 5.97 Å². The fourth-order valence-electron chi connectivity index (χ4n) is 8.14. The largest absolute Gasteiger partial charge is 0.481 e. The van der Waals surface area contributed by atoms with Gasteiger partial charge in [-0.1, -0.05) is 53.9 Å². The molecule has 0 aromatic carbocycles. The zero-order valence-corrected chi connectivity index (χ0v) is 20.5. The van der Waals surface area contributed by atoms with E-state index in [0.29, 0.717) is 30.6 Å². The van der Waals surface area contributed by atoms with Gasteiger partial charge in [0.15, 0.2) is 0 Å². The molecule has 0 amide bonds. The summed E-state index contributed by atoms with van der Waals surface area (Å²) < 4.78 is 0. The third-order valence-corrected chi connectivity index (χ3v) is 9.92. The van der Waals surface area contributed by atoms with E-state index in [4.69, 9.17) is 0 Å². The summed E-state index contributed by atoms with van der Waals surface area (Å²) in [6.45, 7) is 11.5. The number of aliphatic carboxylic acids is 1. The Bertz CT molecular complexity index is 658. The molecular formula is C27H46O4. The van der Waals surface area contributed by atoms with Crippen LogP contribution in [0.2, 0.25) is 0 Å². The predicted molar refractivity (Wildman–Crippen MR) is 124 cm³/mol. The maximum absolute atomic E-state index is 13.1. The molecule has 8 atom stereocenters. The zero-order chi connectivity index (χ0) is 23.0. The molecule has 4 nitrogen and oxygen atoms in total. The van der Waals surface area contributed by atoms with Crippen molar-refractivity contribution in [2.75, 3.05) is 0 Å². The molecule has 178 valence electrons. The summed E-state index contributed by atoms with van der Waals surface area (Å²) in [4.78, 5) is 25.0. The number of carboxylic acid groups (broad SMARTS) is 1. The maximum atomic E-state index is 13.1. The lowest BCUT2D eigenvalue weighted by molar-refractivity contribution is -0.151. The second-order valence-electron chi connectivity index (χ2n) is 12.2. The van der Waals surface area contributed by atoms with Gasteiger partial charge in [-0.15, -0.1) is 0 Å². The van der Waals surface area contributed by atoms with Crippen LogP contribution in [0.5, 0.6) is 0 Å². The number of hydrogen-bond acceptors (Lipinski definition) is 3. The van der Waals surface area contributed by atoms with Crippen LogP contribution in [-0.4, -0.2) is 28.1 Å². The lowest BCUT2D eigenvalue weighted by Crippen LogP contribution is -2.52. The van der Waals surface area contributed by atoms with Crippen molar-refractivity contribution in [3.05, 3.63) is 0 Å². The third-order valence-electron chi connectivity index (χ3n) is 9.92. The Balaban J connectivity index is 1.81. The zero-order valence-electron chi connectivity index (χ0n) is 20.5. The van der Waals surface area contributed by atoms with Crippen LogP contribution in [0.3, 0.4) is 0 Å². The minimum absolute atomic E-state index is 0.0771. The summed E-state index contributed by atoms with van der Waals surface area (Å²) in [5.74, 6) is 2.14. The van der Waals surface area contributed by atoms with Gasteiger partial charge in [0.1, 0.15) is 5.78 Å². The van der Waals surface area contributed by atoms with E-state index in [0.717, 1.165) is 25.2 Å². The van der Waals surface area contributed by atoms with Crippen molar-refractivity contribution >= 4 is 11.8 Å². The standard InChI is InChI=1S/C27H46O4/c1-17(2)7-6-8-18(3)21-9-10-22-20(16-25(30)31)23(12-14-26(21,22)4)27(5)13-11-19(28)15-24(27)29/h17-23,28H,6-16H2,1-5H3,(H,30,31)/t18-,19+,20+,21-,22+,23+,26-,27-/m1/s1. The minimum Gasteiger partial charge on any atom is -0.481 e. The number of carbonyl (C=O) groups excluding carboxylic acids is 1. The molecule has 0 unspecified atom stereocenters. The van der Waals surface area contributed by atoms with Crippen LogP contribution in [0.25, 0.3) is 0 Å². The van der Waals surface area contributed by atoms with Crippen LogP contribution in [0.15, 0.2) is 0 Å². The molecule has 2 N–H and O–H groups in total. The highest BCUT2D eigenvalue weighted by Gasteiger charge is 2.59. The highest BCUT2D eigenvalue weighted by atomic mass is 16.4. The summed E-state index contributed by atoms with van der Waals surface area (Å²) in [6, 6.07) is 0. The van der Waals surface area contributed by atoms with Crippen LogP contribution in [0.1, 0.15) is 105 Å². The van der Waals surface area contributed by atoms with Gasteiger partial charge in [-0.25, -0.2) is 0 Å². The fraction of sp³-hybridized carbons (Fsp3) is 0.926. The predicted octanol–water partition coefficient (Wildman–Crippen LogP) is 6.10. The molecular weight excluding hydrogens is 388 g/mol. The molecule has 0 aromatic rings. The average Bonchev–Trinajstić information content (AvgIpc) is 3.02. The number of fused-ring (bicyclic) bond motifs is 1.